The molecule has 1 fully saturated rings. The Hall–Kier alpha value is -3.32. The Morgan fingerprint density at radius 1 is 1.11 bits per heavy atom. The predicted octanol–water partition coefficient (Wildman–Crippen LogP) is 3.15. The lowest BCUT2D eigenvalue weighted by molar-refractivity contribution is -0.122. The summed E-state index contributed by atoms with van der Waals surface area (Å²) in [6, 6.07) is 13.2. The zero-order valence-corrected chi connectivity index (χ0v) is 15.1. The minimum Gasteiger partial charge on any atom is -0.350 e. The van der Waals surface area contributed by atoms with Crippen LogP contribution in [0.3, 0.4) is 0 Å². The van der Waals surface area contributed by atoms with E-state index in [0.29, 0.717) is 0 Å². The quantitative estimate of drug-likeness (QED) is 0.423. The first-order valence-electron chi connectivity index (χ1n) is 8.17. The fourth-order valence-corrected chi connectivity index (χ4v) is 3.43. The van der Waals surface area contributed by atoms with Crippen LogP contribution in [-0.2, 0) is 16.6 Å². The lowest BCUT2D eigenvalue weighted by atomic mass is 10.1. The number of rotatable bonds is 2. The summed E-state index contributed by atoms with van der Waals surface area (Å²) in [7, 11) is 1.89. The van der Waals surface area contributed by atoms with Gasteiger partial charge < -0.3 is 4.57 Å². The van der Waals surface area contributed by atoms with Gasteiger partial charge in [0, 0.05) is 29.7 Å². The van der Waals surface area contributed by atoms with E-state index in [9.17, 15) is 14.0 Å². The highest BCUT2D eigenvalue weighted by atomic mass is 32.1. The number of anilines is 1. The molecule has 0 saturated carbocycles. The third-order valence-corrected chi connectivity index (χ3v) is 4.68. The molecule has 27 heavy (non-hydrogen) atoms. The molecular formula is C20H14FN3O2S. The fourth-order valence-electron chi connectivity index (χ4n) is 3.15. The van der Waals surface area contributed by atoms with Crippen LogP contribution in [0.2, 0.25) is 0 Å². The van der Waals surface area contributed by atoms with Gasteiger partial charge in [0.2, 0.25) is 0 Å². The number of aromatic nitrogens is 1. The highest BCUT2D eigenvalue weighted by molar-refractivity contribution is 7.80. The summed E-state index contributed by atoms with van der Waals surface area (Å²) in [6.45, 7) is 0. The Bertz CT molecular complexity index is 1150. The molecule has 3 aromatic rings. The molecule has 0 atom stereocenters. The van der Waals surface area contributed by atoms with Crippen molar-refractivity contribution >= 4 is 51.8 Å². The number of aryl methyl sites for hydroxylation is 1. The van der Waals surface area contributed by atoms with Crippen molar-refractivity contribution < 1.29 is 14.0 Å². The Kier molecular flexibility index (Phi) is 4.08. The van der Waals surface area contributed by atoms with Gasteiger partial charge in [-0.1, -0.05) is 24.3 Å². The number of fused-ring (bicyclic) bond motifs is 1. The molecule has 1 saturated heterocycles. The van der Waals surface area contributed by atoms with Crippen molar-refractivity contribution in [1.29, 1.82) is 0 Å². The number of thiocarbonyl (C=S) groups is 1. The van der Waals surface area contributed by atoms with Crippen molar-refractivity contribution in [3.63, 3.8) is 0 Å². The van der Waals surface area contributed by atoms with Gasteiger partial charge in [0.05, 0.1) is 5.69 Å². The number of hydrogen-bond acceptors (Lipinski definition) is 3. The molecule has 4 rings (SSSR count). The van der Waals surface area contributed by atoms with Gasteiger partial charge >= 0.3 is 0 Å². The molecule has 1 aromatic heterocycles. The zero-order valence-electron chi connectivity index (χ0n) is 14.3. The molecule has 0 spiro atoms. The van der Waals surface area contributed by atoms with E-state index >= 15 is 0 Å². The van der Waals surface area contributed by atoms with Gasteiger partial charge in [0.1, 0.15) is 11.4 Å². The molecule has 2 aromatic carbocycles. The van der Waals surface area contributed by atoms with Gasteiger partial charge in [-0.05, 0) is 42.6 Å². The average molecular weight is 379 g/mol. The summed E-state index contributed by atoms with van der Waals surface area (Å²) in [5, 5.41) is 3.34. The highest BCUT2D eigenvalue weighted by Crippen LogP contribution is 2.26. The van der Waals surface area contributed by atoms with Crippen LogP contribution in [0.1, 0.15) is 5.56 Å². The maximum Gasteiger partial charge on any atom is 0.270 e. The SMILES string of the molecule is Cn1cc(/C=C2\C(=O)NC(=S)N(c3cccc(F)c3)C2=O)c2ccccc21. The van der Waals surface area contributed by atoms with Gasteiger partial charge in [0.15, 0.2) is 5.11 Å². The van der Waals surface area contributed by atoms with Crippen LogP contribution in [0.4, 0.5) is 10.1 Å². The number of benzene rings is 2. The largest absolute Gasteiger partial charge is 0.350 e. The van der Waals surface area contributed by atoms with Crippen LogP contribution in [0.5, 0.6) is 0 Å². The van der Waals surface area contributed by atoms with E-state index in [-0.39, 0.29) is 16.4 Å². The van der Waals surface area contributed by atoms with Crippen LogP contribution in [0.15, 0.2) is 60.3 Å². The van der Waals surface area contributed by atoms with Crippen LogP contribution >= 0.6 is 12.2 Å². The Balaban J connectivity index is 1.82. The molecule has 5 nitrogen and oxygen atoms in total. The summed E-state index contributed by atoms with van der Waals surface area (Å²) >= 11 is 5.12. The predicted molar refractivity (Wildman–Crippen MR) is 106 cm³/mol. The topological polar surface area (TPSA) is 54.3 Å². The van der Waals surface area contributed by atoms with Gasteiger partial charge in [0.25, 0.3) is 11.8 Å². The fraction of sp³-hybridized carbons (Fsp3) is 0.0500. The minimum absolute atomic E-state index is 0.0655. The van der Waals surface area contributed by atoms with Crippen molar-refractivity contribution in [3.8, 4) is 0 Å². The molecule has 7 heteroatoms. The standard InChI is InChI=1S/C20H14FN3O2S/c1-23-11-12(15-7-2-3-8-17(15)23)9-16-18(25)22-20(27)24(19(16)26)14-6-4-5-13(21)10-14/h2-11H,1H3,(H,22,25,27)/b16-9+. The molecule has 1 N–H and O–H groups in total. The minimum atomic E-state index is -0.595. The van der Waals surface area contributed by atoms with E-state index < -0.39 is 17.6 Å². The van der Waals surface area contributed by atoms with E-state index in [4.69, 9.17) is 12.2 Å². The number of nitrogens with zero attached hydrogens (tertiary/aromatic N) is 2. The van der Waals surface area contributed by atoms with E-state index in [0.717, 1.165) is 21.4 Å². The summed E-state index contributed by atoms with van der Waals surface area (Å²) in [5.74, 6) is -1.67. The molecule has 1 aliphatic rings. The van der Waals surface area contributed by atoms with Gasteiger partial charge in [-0.25, -0.2) is 4.39 Å². The number of halogens is 1. The Morgan fingerprint density at radius 2 is 1.89 bits per heavy atom. The summed E-state index contributed by atoms with van der Waals surface area (Å²) < 4.78 is 15.5. The molecule has 0 radical (unpaired) electrons. The normalized spacial score (nSPS) is 16.3. The van der Waals surface area contributed by atoms with E-state index in [1.807, 2.05) is 42.1 Å². The maximum atomic E-state index is 13.6. The maximum absolute atomic E-state index is 13.6. The number of carbonyl (C=O) groups excluding carboxylic acids is 2. The molecule has 0 unspecified atom stereocenters. The van der Waals surface area contributed by atoms with Crippen LogP contribution in [0.25, 0.3) is 17.0 Å². The Morgan fingerprint density at radius 3 is 2.67 bits per heavy atom. The Labute approximate surface area is 159 Å². The summed E-state index contributed by atoms with van der Waals surface area (Å²) in [4.78, 5) is 26.5. The van der Waals surface area contributed by atoms with Crippen LogP contribution in [0, 0.1) is 5.82 Å². The lowest BCUT2D eigenvalue weighted by Gasteiger charge is -2.28. The second kappa shape index (κ2) is 6.44. The summed E-state index contributed by atoms with van der Waals surface area (Å²) in [5.41, 5.74) is 1.90. The number of nitrogens with one attached hydrogen (secondary N) is 1. The smallest absolute Gasteiger partial charge is 0.270 e. The van der Waals surface area contributed by atoms with E-state index in [2.05, 4.69) is 5.32 Å². The zero-order chi connectivity index (χ0) is 19.1. The highest BCUT2D eigenvalue weighted by Gasteiger charge is 2.34. The molecular weight excluding hydrogens is 365 g/mol. The van der Waals surface area contributed by atoms with Crippen LogP contribution in [-0.4, -0.2) is 21.5 Å². The third-order valence-electron chi connectivity index (χ3n) is 4.40. The second-order valence-electron chi connectivity index (χ2n) is 6.15. The number of hydrogen-bond donors (Lipinski definition) is 1. The first kappa shape index (κ1) is 17.1. The molecule has 2 amide bonds. The molecule has 134 valence electrons. The van der Waals surface area contributed by atoms with Crippen molar-refractivity contribution in [2.75, 3.05) is 4.90 Å². The first-order chi connectivity index (χ1) is 13.0. The van der Waals surface area contributed by atoms with Crippen molar-refractivity contribution in [2.24, 2.45) is 7.05 Å². The van der Waals surface area contributed by atoms with E-state index in [1.165, 1.54) is 24.3 Å². The number of para-hydroxylation sites is 1. The lowest BCUT2D eigenvalue weighted by Crippen LogP contribution is -2.54. The molecule has 1 aliphatic heterocycles. The van der Waals surface area contributed by atoms with Gasteiger partial charge in [-0.2, -0.15) is 0 Å². The molecule has 0 bridgehead atoms. The summed E-state index contributed by atoms with van der Waals surface area (Å²) in [6.07, 6.45) is 3.38. The van der Waals surface area contributed by atoms with E-state index in [1.54, 1.807) is 6.07 Å². The third kappa shape index (κ3) is 2.92. The van der Waals surface area contributed by atoms with Crippen molar-refractivity contribution in [3.05, 3.63) is 71.7 Å². The van der Waals surface area contributed by atoms with Gasteiger partial charge in [-0.3, -0.25) is 19.8 Å². The number of carbonyl (C=O) groups is 2. The van der Waals surface area contributed by atoms with Crippen molar-refractivity contribution in [2.45, 2.75) is 0 Å². The molecule has 0 aliphatic carbocycles. The average Bonchev–Trinajstić information content (AvgIpc) is 2.95. The second-order valence-corrected chi connectivity index (χ2v) is 6.54. The van der Waals surface area contributed by atoms with Crippen molar-refractivity contribution in [1.82, 2.24) is 9.88 Å². The monoisotopic (exact) mass is 379 g/mol. The first-order valence-corrected chi connectivity index (χ1v) is 8.57. The molecule has 2 heterocycles. The number of amides is 2. The van der Waals surface area contributed by atoms with Crippen LogP contribution < -0.4 is 10.2 Å². The van der Waals surface area contributed by atoms with Gasteiger partial charge in [-0.15, -0.1) is 0 Å².